The Morgan fingerprint density at radius 2 is 1.53 bits per heavy atom. The predicted octanol–water partition coefficient (Wildman–Crippen LogP) is 3.76. The van der Waals surface area contributed by atoms with E-state index in [0.717, 1.165) is 12.0 Å². The molecule has 0 fully saturated rings. The standard InChI is InChI=1S/C13H11N2/c14-15-13-9-5-4-8-12(13)10-11-6-2-1-3-7-11/h1-9H,10H2/q+1. The van der Waals surface area contributed by atoms with Gasteiger partial charge in [-0.15, -0.1) is 0 Å². The summed E-state index contributed by atoms with van der Waals surface area (Å²) in [4.78, 5) is 3.27. The molecule has 0 atom stereocenters. The Morgan fingerprint density at radius 1 is 0.867 bits per heavy atom. The van der Waals surface area contributed by atoms with Crippen LogP contribution < -0.4 is 0 Å². The van der Waals surface area contributed by atoms with Crippen molar-refractivity contribution in [3.63, 3.8) is 0 Å². The van der Waals surface area contributed by atoms with E-state index in [1.165, 1.54) is 5.56 Å². The van der Waals surface area contributed by atoms with E-state index in [4.69, 9.17) is 5.39 Å². The van der Waals surface area contributed by atoms with Crippen LogP contribution in [0.25, 0.3) is 4.98 Å². The van der Waals surface area contributed by atoms with Crippen molar-refractivity contribution in [3.8, 4) is 0 Å². The van der Waals surface area contributed by atoms with Crippen LogP contribution in [0.3, 0.4) is 0 Å². The van der Waals surface area contributed by atoms with Crippen LogP contribution in [0.4, 0.5) is 5.69 Å². The van der Waals surface area contributed by atoms with Gasteiger partial charge in [-0.05, 0) is 5.56 Å². The van der Waals surface area contributed by atoms with Gasteiger partial charge in [0.25, 0.3) is 0 Å². The van der Waals surface area contributed by atoms with Gasteiger partial charge in [0, 0.05) is 12.5 Å². The topological polar surface area (TPSA) is 28.1 Å². The van der Waals surface area contributed by atoms with Crippen LogP contribution in [0.5, 0.6) is 0 Å². The number of nitrogens with zero attached hydrogens (tertiary/aromatic N) is 2. The molecule has 2 nitrogen and oxygen atoms in total. The molecule has 0 saturated carbocycles. The first kappa shape index (κ1) is 9.42. The third-order valence-electron chi connectivity index (χ3n) is 2.34. The summed E-state index contributed by atoms with van der Waals surface area (Å²) in [6.07, 6.45) is 0.793. The zero-order chi connectivity index (χ0) is 10.5. The molecule has 0 aliphatic carbocycles. The van der Waals surface area contributed by atoms with E-state index in [1.807, 2.05) is 36.4 Å². The van der Waals surface area contributed by atoms with E-state index in [-0.39, 0.29) is 0 Å². The van der Waals surface area contributed by atoms with Crippen molar-refractivity contribution in [1.82, 2.24) is 0 Å². The first-order valence-corrected chi connectivity index (χ1v) is 4.87. The molecule has 0 amide bonds. The lowest BCUT2D eigenvalue weighted by atomic mass is 10.0. The lowest BCUT2D eigenvalue weighted by Gasteiger charge is -1.98. The van der Waals surface area contributed by atoms with E-state index >= 15 is 0 Å². The molecular weight excluding hydrogens is 184 g/mol. The fraction of sp³-hybridized carbons (Fsp3) is 0.0769. The molecule has 15 heavy (non-hydrogen) atoms. The van der Waals surface area contributed by atoms with Gasteiger partial charge in [0.2, 0.25) is 5.39 Å². The monoisotopic (exact) mass is 195 g/mol. The van der Waals surface area contributed by atoms with Gasteiger partial charge in [-0.1, -0.05) is 48.5 Å². The molecule has 0 aliphatic heterocycles. The summed E-state index contributed by atoms with van der Waals surface area (Å²) in [5, 5.41) is 8.82. The highest BCUT2D eigenvalue weighted by Gasteiger charge is 2.11. The summed E-state index contributed by atoms with van der Waals surface area (Å²) in [5.41, 5.74) is 2.89. The molecular formula is C13H11N2+. The van der Waals surface area contributed by atoms with E-state index in [9.17, 15) is 0 Å². The SMILES string of the molecule is N#[N+]c1ccccc1Cc1ccccc1. The summed E-state index contributed by atoms with van der Waals surface area (Å²) < 4.78 is 0. The number of benzene rings is 2. The van der Waals surface area contributed by atoms with Crippen LogP contribution in [-0.2, 0) is 6.42 Å². The zero-order valence-electron chi connectivity index (χ0n) is 8.30. The van der Waals surface area contributed by atoms with E-state index in [1.54, 1.807) is 6.07 Å². The molecule has 0 saturated heterocycles. The molecule has 0 radical (unpaired) electrons. The number of rotatable bonds is 2. The maximum atomic E-state index is 8.82. The smallest absolute Gasteiger partial charge is 0.0622 e. The highest BCUT2D eigenvalue weighted by atomic mass is 14.8. The van der Waals surface area contributed by atoms with Crippen molar-refractivity contribution in [1.29, 1.82) is 5.39 Å². The zero-order valence-corrected chi connectivity index (χ0v) is 8.30. The van der Waals surface area contributed by atoms with Gasteiger partial charge in [-0.25, -0.2) is 0 Å². The molecule has 0 spiro atoms. The third-order valence-corrected chi connectivity index (χ3v) is 2.34. The molecule has 0 aliphatic rings. The van der Waals surface area contributed by atoms with Crippen LogP contribution in [-0.4, -0.2) is 0 Å². The highest BCUT2D eigenvalue weighted by molar-refractivity contribution is 5.52. The van der Waals surface area contributed by atoms with Crippen molar-refractivity contribution in [2.75, 3.05) is 0 Å². The highest BCUT2D eigenvalue weighted by Crippen LogP contribution is 2.21. The van der Waals surface area contributed by atoms with Crippen LogP contribution >= 0.6 is 0 Å². The van der Waals surface area contributed by atoms with Crippen LogP contribution in [0, 0.1) is 5.39 Å². The lowest BCUT2D eigenvalue weighted by Crippen LogP contribution is -1.87. The molecule has 0 heterocycles. The summed E-state index contributed by atoms with van der Waals surface area (Å²) in [5.74, 6) is 0. The second kappa shape index (κ2) is 4.39. The van der Waals surface area contributed by atoms with Crippen LogP contribution in [0.1, 0.15) is 11.1 Å². The van der Waals surface area contributed by atoms with E-state index in [2.05, 4.69) is 17.1 Å². The largest absolute Gasteiger partial charge is 0.388 e. The molecule has 72 valence electrons. The Hall–Kier alpha value is -2.14. The van der Waals surface area contributed by atoms with Gasteiger partial charge < -0.3 is 0 Å². The Balaban J connectivity index is 2.29. The van der Waals surface area contributed by atoms with Gasteiger partial charge in [-0.3, -0.25) is 0 Å². The minimum atomic E-state index is 0.640. The molecule has 2 aromatic carbocycles. The van der Waals surface area contributed by atoms with E-state index in [0.29, 0.717) is 5.69 Å². The van der Waals surface area contributed by atoms with Crippen LogP contribution in [0.15, 0.2) is 54.6 Å². The minimum absolute atomic E-state index is 0.640. The second-order valence-electron chi connectivity index (χ2n) is 3.39. The fourth-order valence-corrected chi connectivity index (χ4v) is 1.57. The number of diazo groups is 1. The van der Waals surface area contributed by atoms with Crippen LogP contribution in [0.2, 0.25) is 0 Å². The van der Waals surface area contributed by atoms with Gasteiger partial charge in [0.15, 0.2) is 4.98 Å². The molecule has 2 aromatic rings. The van der Waals surface area contributed by atoms with Gasteiger partial charge in [0.05, 0.1) is 5.56 Å². The average molecular weight is 195 g/mol. The third kappa shape index (κ3) is 2.21. The summed E-state index contributed by atoms with van der Waals surface area (Å²) in [6.45, 7) is 0. The summed E-state index contributed by atoms with van der Waals surface area (Å²) in [7, 11) is 0. The normalized spacial score (nSPS) is 9.53. The molecule has 0 aromatic heterocycles. The molecule has 2 rings (SSSR count). The number of hydrogen-bond donors (Lipinski definition) is 0. The van der Waals surface area contributed by atoms with Crippen molar-refractivity contribution in [2.24, 2.45) is 0 Å². The molecule has 2 heteroatoms. The first-order chi connectivity index (χ1) is 7.40. The molecule has 0 bridgehead atoms. The molecule has 0 N–H and O–H groups in total. The Kier molecular flexibility index (Phi) is 2.75. The summed E-state index contributed by atoms with van der Waals surface area (Å²) in [6, 6.07) is 17.7. The second-order valence-corrected chi connectivity index (χ2v) is 3.39. The molecule has 0 unspecified atom stereocenters. The maximum Gasteiger partial charge on any atom is 0.388 e. The predicted molar refractivity (Wildman–Crippen MR) is 60.4 cm³/mol. The van der Waals surface area contributed by atoms with Crippen molar-refractivity contribution in [3.05, 3.63) is 70.7 Å². The van der Waals surface area contributed by atoms with Crippen molar-refractivity contribution >= 4 is 5.69 Å². The van der Waals surface area contributed by atoms with Gasteiger partial charge in [0.1, 0.15) is 0 Å². The first-order valence-electron chi connectivity index (χ1n) is 4.87. The van der Waals surface area contributed by atoms with Gasteiger partial charge >= 0.3 is 5.69 Å². The van der Waals surface area contributed by atoms with Gasteiger partial charge in [-0.2, -0.15) is 0 Å². The Morgan fingerprint density at radius 3 is 2.27 bits per heavy atom. The average Bonchev–Trinajstić information content (AvgIpc) is 2.31. The Labute approximate surface area is 88.8 Å². The van der Waals surface area contributed by atoms with Crippen molar-refractivity contribution < 1.29 is 0 Å². The minimum Gasteiger partial charge on any atom is -0.0622 e. The van der Waals surface area contributed by atoms with E-state index < -0.39 is 0 Å². The quantitative estimate of drug-likeness (QED) is 0.670. The number of hydrogen-bond acceptors (Lipinski definition) is 1. The fourth-order valence-electron chi connectivity index (χ4n) is 1.57. The Bertz CT molecular complexity index is 483. The summed E-state index contributed by atoms with van der Waals surface area (Å²) >= 11 is 0. The van der Waals surface area contributed by atoms with Crippen molar-refractivity contribution in [2.45, 2.75) is 6.42 Å². The lowest BCUT2D eigenvalue weighted by molar-refractivity contribution is 1.20. The maximum absolute atomic E-state index is 8.82.